The molecule has 1 aliphatic rings. The van der Waals surface area contributed by atoms with Crippen molar-refractivity contribution in [2.45, 2.75) is 46.0 Å². The molecule has 0 atom stereocenters. The second-order valence-electron chi connectivity index (χ2n) is 5.30. The van der Waals surface area contributed by atoms with Gasteiger partial charge in [0.2, 0.25) is 0 Å². The maximum Gasteiger partial charge on any atom is 0.0146 e. The van der Waals surface area contributed by atoms with Gasteiger partial charge in [0.1, 0.15) is 0 Å². The summed E-state index contributed by atoms with van der Waals surface area (Å²) in [6.45, 7) is 6.73. The van der Waals surface area contributed by atoms with Crippen molar-refractivity contribution in [3.8, 4) is 0 Å². The maximum atomic E-state index is 5.50. The minimum atomic E-state index is 0.578. The van der Waals surface area contributed by atoms with E-state index in [9.17, 15) is 0 Å². The first kappa shape index (κ1) is 13.1. The molecule has 0 amide bonds. The third-order valence-corrected chi connectivity index (χ3v) is 3.53. The van der Waals surface area contributed by atoms with Crippen LogP contribution < -0.4 is 5.32 Å². The third kappa shape index (κ3) is 4.56. The smallest absolute Gasteiger partial charge is 0.0146 e. The molecule has 0 aromatic carbocycles. The minimum Gasteiger partial charge on any atom is -0.313 e. The van der Waals surface area contributed by atoms with Crippen LogP contribution in [0.2, 0.25) is 0 Å². The van der Waals surface area contributed by atoms with Crippen LogP contribution in [0.15, 0.2) is 11.6 Å². The van der Waals surface area contributed by atoms with Gasteiger partial charge in [0.25, 0.3) is 0 Å². The largest absolute Gasteiger partial charge is 0.313 e. The van der Waals surface area contributed by atoms with E-state index in [4.69, 9.17) is 11.6 Å². The average Bonchev–Trinajstić information content (AvgIpc) is 2.61. The van der Waals surface area contributed by atoms with Crippen molar-refractivity contribution in [1.29, 1.82) is 0 Å². The van der Waals surface area contributed by atoms with E-state index >= 15 is 0 Å². The van der Waals surface area contributed by atoms with E-state index in [0.717, 1.165) is 19.0 Å². The van der Waals surface area contributed by atoms with Crippen molar-refractivity contribution in [2.24, 2.45) is 11.3 Å². The quantitative estimate of drug-likeness (QED) is 0.681. The third-order valence-electron chi connectivity index (χ3n) is 3.36. The molecule has 0 aromatic heterocycles. The van der Waals surface area contributed by atoms with Gasteiger partial charge in [-0.3, -0.25) is 0 Å². The number of hydrogen-bond donors (Lipinski definition) is 1. The second kappa shape index (κ2) is 6.55. The summed E-state index contributed by atoms with van der Waals surface area (Å²) in [5.41, 5.74) is 2.17. The molecule has 0 bridgehead atoms. The molecule has 0 radical (unpaired) electrons. The topological polar surface area (TPSA) is 12.0 Å². The predicted octanol–water partition coefficient (Wildman–Crippen LogP) is 3.94. The lowest BCUT2D eigenvalue weighted by molar-refractivity contribution is 0.227. The van der Waals surface area contributed by atoms with E-state index in [1.165, 1.54) is 32.1 Å². The molecular formula is C13H24ClN. The van der Waals surface area contributed by atoms with Gasteiger partial charge < -0.3 is 5.32 Å². The van der Waals surface area contributed by atoms with Crippen molar-refractivity contribution in [3.05, 3.63) is 11.6 Å². The SMILES string of the molecule is CC(C)CC1(CNC/C=C/Cl)CCCC1. The fraction of sp³-hybridized carbons (Fsp3) is 0.846. The van der Waals surface area contributed by atoms with Crippen LogP contribution in [0.4, 0.5) is 0 Å². The Kier molecular flexibility index (Phi) is 5.70. The highest BCUT2D eigenvalue weighted by molar-refractivity contribution is 6.25. The summed E-state index contributed by atoms with van der Waals surface area (Å²) >= 11 is 5.50. The van der Waals surface area contributed by atoms with Crippen LogP contribution >= 0.6 is 11.6 Å². The summed E-state index contributed by atoms with van der Waals surface area (Å²) in [7, 11) is 0. The number of hydrogen-bond acceptors (Lipinski definition) is 1. The van der Waals surface area contributed by atoms with Crippen LogP contribution in [0, 0.1) is 11.3 Å². The molecule has 0 aromatic rings. The molecule has 1 nitrogen and oxygen atoms in total. The highest BCUT2D eigenvalue weighted by atomic mass is 35.5. The zero-order chi connectivity index (χ0) is 11.1. The summed E-state index contributed by atoms with van der Waals surface area (Å²) in [6, 6.07) is 0. The molecule has 1 rings (SSSR count). The number of rotatable bonds is 6. The van der Waals surface area contributed by atoms with Crippen molar-refractivity contribution < 1.29 is 0 Å². The zero-order valence-electron chi connectivity index (χ0n) is 10.1. The highest BCUT2D eigenvalue weighted by Crippen LogP contribution is 2.42. The van der Waals surface area contributed by atoms with Gasteiger partial charge in [-0.2, -0.15) is 0 Å². The molecule has 1 fully saturated rings. The van der Waals surface area contributed by atoms with Crippen molar-refractivity contribution in [2.75, 3.05) is 13.1 Å². The van der Waals surface area contributed by atoms with E-state index in [1.807, 2.05) is 6.08 Å². The van der Waals surface area contributed by atoms with Crippen molar-refractivity contribution >= 4 is 11.6 Å². The second-order valence-corrected chi connectivity index (χ2v) is 5.55. The molecule has 15 heavy (non-hydrogen) atoms. The van der Waals surface area contributed by atoms with E-state index in [1.54, 1.807) is 5.54 Å². The lowest BCUT2D eigenvalue weighted by Gasteiger charge is -2.31. The Labute approximate surface area is 99.3 Å². The van der Waals surface area contributed by atoms with E-state index in [2.05, 4.69) is 19.2 Å². The molecule has 0 unspecified atom stereocenters. The van der Waals surface area contributed by atoms with Gasteiger partial charge in [-0.05, 0) is 30.6 Å². The molecule has 0 spiro atoms. The zero-order valence-corrected chi connectivity index (χ0v) is 10.8. The molecule has 0 saturated heterocycles. The van der Waals surface area contributed by atoms with Gasteiger partial charge in [0, 0.05) is 18.6 Å². The molecular weight excluding hydrogens is 206 g/mol. The van der Waals surface area contributed by atoms with E-state index < -0.39 is 0 Å². The van der Waals surface area contributed by atoms with Crippen LogP contribution in [0.3, 0.4) is 0 Å². The number of halogens is 1. The van der Waals surface area contributed by atoms with Crippen LogP contribution in [0.1, 0.15) is 46.0 Å². The normalized spacial score (nSPS) is 20.5. The Bertz CT molecular complexity index is 193. The standard InChI is InChI=1S/C13H24ClN/c1-12(2)10-13(6-3-4-7-13)11-15-9-5-8-14/h5,8,12,15H,3-4,6-7,9-11H2,1-2H3/b8-5+. The van der Waals surface area contributed by atoms with Crippen molar-refractivity contribution in [3.63, 3.8) is 0 Å². The predicted molar refractivity (Wildman–Crippen MR) is 68.2 cm³/mol. The van der Waals surface area contributed by atoms with Gasteiger partial charge in [0.05, 0.1) is 0 Å². The molecule has 0 heterocycles. The first-order valence-electron chi connectivity index (χ1n) is 6.14. The fourth-order valence-corrected chi connectivity index (χ4v) is 3.00. The molecule has 88 valence electrons. The number of nitrogens with one attached hydrogen (secondary N) is 1. The van der Waals surface area contributed by atoms with Crippen LogP contribution in [-0.2, 0) is 0 Å². The van der Waals surface area contributed by atoms with Gasteiger partial charge in [-0.1, -0.05) is 44.4 Å². The Morgan fingerprint density at radius 3 is 2.53 bits per heavy atom. The summed E-state index contributed by atoms with van der Waals surface area (Å²) in [6.07, 6.45) is 8.98. The van der Waals surface area contributed by atoms with Crippen LogP contribution in [-0.4, -0.2) is 13.1 Å². The highest BCUT2D eigenvalue weighted by Gasteiger charge is 2.33. The van der Waals surface area contributed by atoms with Crippen molar-refractivity contribution in [1.82, 2.24) is 5.32 Å². The molecule has 1 aliphatic carbocycles. The first-order valence-corrected chi connectivity index (χ1v) is 6.58. The Morgan fingerprint density at radius 2 is 2.00 bits per heavy atom. The maximum absolute atomic E-state index is 5.50. The summed E-state index contributed by atoms with van der Waals surface area (Å²) in [5, 5.41) is 3.50. The molecule has 2 heteroatoms. The lowest BCUT2D eigenvalue weighted by atomic mass is 9.78. The van der Waals surface area contributed by atoms with Crippen LogP contribution in [0.25, 0.3) is 0 Å². The van der Waals surface area contributed by atoms with Gasteiger partial charge in [-0.15, -0.1) is 0 Å². The fourth-order valence-electron chi connectivity index (χ4n) is 2.91. The van der Waals surface area contributed by atoms with Gasteiger partial charge in [0.15, 0.2) is 0 Å². The Morgan fingerprint density at radius 1 is 1.33 bits per heavy atom. The monoisotopic (exact) mass is 229 g/mol. The molecule has 1 saturated carbocycles. The average molecular weight is 230 g/mol. The van der Waals surface area contributed by atoms with Gasteiger partial charge in [-0.25, -0.2) is 0 Å². The lowest BCUT2D eigenvalue weighted by Crippen LogP contribution is -2.33. The summed E-state index contributed by atoms with van der Waals surface area (Å²) in [5.74, 6) is 0.813. The molecule has 1 N–H and O–H groups in total. The van der Waals surface area contributed by atoms with Crippen LogP contribution in [0.5, 0.6) is 0 Å². The minimum absolute atomic E-state index is 0.578. The van der Waals surface area contributed by atoms with E-state index in [0.29, 0.717) is 5.41 Å². The summed E-state index contributed by atoms with van der Waals surface area (Å²) < 4.78 is 0. The van der Waals surface area contributed by atoms with E-state index in [-0.39, 0.29) is 0 Å². The summed E-state index contributed by atoms with van der Waals surface area (Å²) in [4.78, 5) is 0. The first-order chi connectivity index (χ1) is 7.18. The Balaban J connectivity index is 2.35. The molecule has 0 aliphatic heterocycles. The Hall–Kier alpha value is -0.0100. The van der Waals surface area contributed by atoms with Gasteiger partial charge >= 0.3 is 0 Å².